The van der Waals surface area contributed by atoms with Crippen molar-refractivity contribution in [2.75, 3.05) is 52.9 Å². The summed E-state index contributed by atoms with van der Waals surface area (Å²) in [6, 6.07) is 35.9. The summed E-state index contributed by atoms with van der Waals surface area (Å²) in [6.07, 6.45) is 2.91. The lowest BCUT2D eigenvalue weighted by Gasteiger charge is -2.19. The Labute approximate surface area is 394 Å². The van der Waals surface area contributed by atoms with Gasteiger partial charge in [-0.15, -0.1) is 0 Å². The zero-order chi connectivity index (χ0) is 48.1. The van der Waals surface area contributed by atoms with Crippen molar-refractivity contribution in [3.05, 3.63) is 158 Å². The first-order chi connectivity index (χ1) is 33.1. The van der Waals surface area contributed by atoms with Crippen LogP contribution in [-0.4, -0.2) is 99.2 Å². The number of hydrogen-bond donors (Lipinski definition) is 2. The van der Waals surface area contributed by atoms with Crippen molar-refractivity contribution in [3.8, 4) is 34.1 Å². The molecule has 2 unspecified atom stereocenters. The molecule has 6 aromatic carbocycles. The summed E-state index contributed by atoms with van der Waals surface area (Å²) in [5.41, 5.74) is 1.74. The third-order valence-electron chi connectivity index (χ3n) is 10.3. The van der Waals surface area contributed by atoms with Crippen LogP contribution in [0.2, 0.25) is 0 Å². The number of unbranched alkanes of at least 4 members (excludes halogenated alkanes) is 2. The van der Waals surface area contributed by atoms with Gasteiger partial charge >= 0.3 is 23.9 Å². The molecule has 0 aromatic heterocycles. The summed E-state index contributed by atoms with van der Waals surface area (Å²) >= 11 is 0. The van der Waals surface area contributed by atoms with Crippen LogP contribution in [0.15, 0.2) is 147 Å². The highest BCUT2D eigenvalue weighted by molar-refractivity contribution is 6.11. The molecule has 0 aliphatic carbocycles. The summed E-state index contributed by atoms with van der Waals surface area (Å²) < 4.78 is 44.6. The minimum absolute atomic E-state index is 0.0325. The van der Waals surface area contributed by atoms with Crippen LogP contribution in [0.3, 0.4) is 0 Å². The Hall–Kier alpha value is -7.36. The second-order valence-corrected chi connectivity index (χ2v) is 15.4. The third kappa shape index (κ3) is 14.8. The van der Waals surface area contributed by atoms with Gasteiger partial charge in [-0.3, -0.25) is 0 Å². The molecule has 14 nitrogen and oxygen atoms in total. The van der Waals surface area contributed by atoms with E-state index >= 15 is 0 Å². The highest BCUT2D eigenvalue weighted by atomic mass is 16.6. The molecule has 0 aliphatic heterocycles. The number of aliphatic hydroxyl groups is 2. The monoisotopic (exact) mass is 926 g/mol. The Morgan fingerprint density at radius 1 is 0.471 bits per heavy atom. The predicted molar refractivity (Wildman–Crippen MR) is 255 cm³/mol. The van der Waals surface area contributed by atoms with Gasteiger partial charge < -0.3 is 48.1 Å². The molecule has 0 heterocycles. The van der Waals surface area contributed by atoms with Gasteiger partial charge in [0.25, 0.3) is 0 Å². The Morgan fingerprint density at radius 2 is 0.853 bits per heavy atom. The highest BCUT2D eigenvalue weighted by Crippen LogP contribution is 2.46. The van der Waals surface area contributed by atoms with Gasteiger partial charge in [0.15, 0.2) is 0 Å². The van der Waals surface area contributed by atoms with E-state index in [1.54, 1.807) is 60.7 Å². The van der Waals surface area contributed by atoms with Gasteiger partial charge in [-0.1, -0.05) is 73.8 Å². The number of ether oxygens (including phenoxy) is 8. The molecule has 0 fully saturated rings. The number of esters is 4. The van der Waals surface area contributed by atoms with Gasteiger partial charge in [0, 0.05) is 36.5 Å². The molecule has 0 aliphatic rings. The Balaban J connectivity index is 1.08. The zero-order valence-corrected chi connectivity index (χ0v) is 37.5. The molecule has 6 aromatic rings. The summed E-state index contributed by atoms with van der Waals surface area (Å²) in [6.45, 7) is 7.93. The van der Waals surface area contributed by atoms with Crippen molar-refractivity contribution in [1.29, 1.82) is 0 Å². The largest absolute Gasteiger partial charge is 0.494 e. The second-order valence-electron chi connectivity index (χ2n) is 15.4. The standard InChI is InChI=1S/C54H54O14/c1-3-49(57)65-35-41(55)33-61-29-9-11-31-63-43-23-17-39(18-24-43)53(59)67-47-27-21-37-13-5-7-15-45(37)51(47)52-46-16-8-6-14-38(46)22-28-48(52)68-54(60)40-19-25-44(26-20-40)64-32-12-10-30-62-34-42(56)36-66-50(58)4-2/h3-8,13-28,41-42,55-56H,1-2,9-12,29-36H2. The SMILES string of the molecule is C=CC(=O)OCC(O)COCCCCOc1ccc(C(=O)Oc2ccc3ccccc3c2-c2c(OC(=O)c3ccc(OCCCCOCC(O)COC(=O)C=C)cc3)ccc3ccccc23)cc1. The minimum Gasteiger partial charge on any atom is -0.494 e. The Morgan fingerprint density at radius 3 is 1.25 bits per heavy atom. The van der Waals surface area contributed by atoms with E-state index in [1.807, 2.05) is 60.7 Å². The fourth-order valence-corrected chi connectivity index (χ4v) is 6.88. The van der Waals surface area contributed by atoms with Crippen molar-refractivity contribution in [1.82, 2.24) is 0 Å². The summed E-state index contributed by atoms with van der Waals surface area (Å²) in [5.74, 6) is -0.731. The number of rotatable bonds is 27. The second kappa shape index (κ2) is 26.1. The van der Waals surface area contributed by atoms with Gasteiger partial charge in [0.05, 0.1) is 37.6 Å². The average Bonchev–Trinajstić information content (AvgIpc) is 3.36. The van der Waals surface area contributed by atoms with Crippen LogP contribution < -0.4 is 18.9 Å². The third-order valence-corrected chi connectivity index (χ3v) is 10.3. The molecular formula is C54H54O14. The van der Waals surface area contributed by atoms with E-state index < -0.39 is 36.1 Å². The highest BCUT2D eigenvalue weighted by Gasteiger charge is 2.23. The summed E-state index contributed by atoms with van der Waals surface area (Å²) in [4.78, 5) is 49.9. The van der Waals surface area contributed by atoms with Gasteiger partial charge in [0.2, 0.25) is 0 Å². The molecule has 0 bridgehead atoms. The number of carbonyl (C=O) groups excluding carboxylic acids is 4. The predicted octanol–water partition coefficient (Wildman–Crippen LogP) is 8.63. The lowest BCUT2D eigenvalue weighted by atomic mass is 9.92. The van der Waals surface area contributed by atoms with Crippen molar-refractivity contribution in [2.24, 2.45) is 0 Å². The fraction of sp³-hybridized carbons (Fsp3) is 0.259. The van der Waals surface area contributed by atoms with Crippen LogP contribution in [0.25, 0.3) is 32.7 Å². The zero-order valence-electron chi connectivity index (χ0n) is 37.5. The molecule has 2 N–H and O–H groups in total. The van der Waals surface area contributed by atoms with Crippen LogP contribution in [0.1, 0.15) is 46.4 Å². The molecule has 0 saturated heterocycles. The maximum absolute atomic E-state index is 13.8. The number of fused-ring (bicyclic) bond motifs is 2. The maximum Gasteiger partial charge on any atom is 0.343 e. The van der Waals surface area contributed by atoms with Gasteiger partial charge in [-0.2, -0.15) is 0 Å². The molecule has 14 heteroatoms. The van der Waals surface area contributed by atoms with Gasteiger partial charge in [0.1, 0.15) is 48.4 Å². The van der Waals surface area contributed by atoms with E-state index in [1.165, 1.54) is 0 Å². The molecule has 6 rings (SSSR count). The molecule has 354 valence electrons. The van der Waals surface area contributed by atoms with Crippen LogP contribution in [-0.2, 0) is 28.5 Å². The average molecular weight is 927 g/mol. The van der Waals surface area contributed by atoms with Crippen molar-refractivity contribution in [2.45, 2.75) is 37.9 Å². The van der Waals surface area contributed by atoms with E-state index in [4.69, 9.17) is 37.9 Å². The molecule has 0 radical (unpaired) electrons. The molecule has 0 amide bonds. The number of aliphatic hydroxyl groups excluding tert-OH is 2. The number of hydrogen-bond acceptors (Lipinski definition) is 14. The van der Waals surface area contributed by atoms with Gasteiger partial charge in [-0.05, 0) is 108 Å². The first kappa shape index (κ1) is 50.1. The summed E-state index contributed by atoms with van der Waals surface area (Å²) in [7, 11) is 0. The van der Waals surface area contributed by atoms with E-state index in [0.717, 1.165) is 33.7 Å². The van der Waals surface area contributed by atoms with Crippen molar-refractivity contribution < 1.29 is 67.3 Å². The van der Waals surface area contributed by atoms with Crippen molar-refractivity contribution >= 4 is 45.4 Å². The Kier molecular flexibility index (Phi) is 19.2. The molecule has 68 heavy (non-hydrogen) atoms. The Bertz CT molecular complexity index is 2460. The molecule has 0 saturated carbocycles. The van der Waals surface area contributed by atoms with Crippen molar-refractivity contribution in [3.63, 3.8) is 0 Å². The normalized spacial score (nSPS) is 11.9. The topological polar surface area (TPSA) is 183 Å². The van der Waals surface area contributed by atoms with E-state index in [2.05, 4.69) is 13.2 Å². The van der Waals surface area contributed by atoms with E-state index in [9.17, 15) is 29.4 Å². The molecular weight excluding hydrogens is 873 g/mol. The van der Waals surface area contributed by atoms with Crippen LogP contribution in [0.5, 0.6) is 23.0 Å². The number of benzene rings is 6. The van der Waals surface area contributed by atoms with Crippen LogP contribution in [0.4, 0.5) is 0 Å². The maximum atomic E-state index is 13.8. The van der Waals surface area contributed by atoms with E-state index in [0.29, 0.717) is 85.9 Å². The number of carbonyl (C=O) groups is 4. The first-order valence-corrected chi connectivity index (χ1v) is 22.2. The van der Waals surface area contributed by atoms with E-state index in [-0.39, 0.29) is 37.9 Å². The lowest BCUT2D eigenvalue weighted by molar-refractivity contribution is -0.142. The van der Waals surface area contributed by atoms with Crippen LogP contribution in [0, 0.1) is 0 Å². The minimum atomic E-state index is -0.928. The lowest BCUT2D eigenvalue weighted by Crippen LogP contribution is -2.23. The van der Waals surface area contributed by atoms with Crippen LogP contribution >= 0.6 is 0 Å². The quantitative estimate of drug-likeness (QED) is 0.0217. The molecule has 2 atom stereocenters. The first-order valence-electron chi connectivity index (χ1n) is 22.2. The summed E-state index contributed by atoms with van der Waals surface area (Å²) in [5, 5.41) is 23.0. The molecule has 0 spiro atoms. The fourth-order valence-electron chi connectivity index (χ4n) is 6.88. The smallest absolute Gasteiger partial charge is 0.343 e. The van der Waals surface area contributed by atoms with Gasteiger partial charge in [-0.25, -0.2) is 19.2 Å².